The molecule has 1 aliphatic carbocycles. The number of ketones is 1. The Balaban J connectivity index is 1.54. The number of benzene rings is 1. The lowest BCUT2D eigenvalue weighted by atomic mass is 9.85. The van der Waals surface area contributed by atoms with Crippen LogP contribution in [0, 0.1) is 17.3 Å². The van der Waals surface area contributed by atoms with E-state index in [1.165, 1.54) is 6.92 Å². The normalized spacial score (nSPS) is 30.7. The molecule has 3 aliphatic rings. The lowest BCUT2D eigenvalue weighted by Crippen LogP contribution is -2.57. The molecule has 2 aromatic rings. The molecule has 228 valence electrons. The number of phenolic OH excluding ortho intramolecular Hbond substituents is 1. The van der Waals surface area contributed by atoms with Crippen molar-refractivity contribution in [3.8, 4) is 11.6 Å². The molecule has 0 spiro atoms. The van der Waals surface area contributed by atoms with Crippen molar-refractivity contribution in [2.24, 2.45) is 17.3 Å². The number of hydrogen-bond donors (Lipinski definition) is 2. The van der Waals surface area contributed by atoms with E-state index in [0.29, 0.717) is 29.8 Å². The van der Waals surface area contributed by atoms with E-state index in [9.17, 15) is 19.5 Å². The lowest BCUT2D eigenvalue weighted by Gasteiger charge is -2.35. The summed E-state index contributed by atoms with van der Waals surface area (Å²) < 4.78 is 12.5. The van der Waals surface area contributed by atoms with Gasteiger partial charge in [-0.2, -0.15) is 0 Å². The zero-order valence-electron chi connectivity index (χ0n) is 25.6. The van der Waals surface area contributed by atoms with E-state index < -0.39 is 35.3 Å². The summed E-state index contributed by atoms with van der Waals surface area (Å²) in [7, 11) is 0. The van der Waals surface area contributed by atoms with Crippen LogP contribution in [-0.2, 0) is 20.7 Å². The van der Waals surface area contributed by atoms with E-state index in [0.717, 1.165) is 37.8 Å². The molecule has 2 bridgehead atoms. The molecule has 1 aromatic carbocycles. The number of aromatic hydroxyl groups is 1. The van der Waals surface area contributed by atoms with Gasteiger partial charge in [0.05, 0.1) is 23.6 Å². The van der Waals surface area contributed by atoms with Crippen molar-refractivity contribution in [1.29, 1.82) is 0 Å². The van der Waals surface area contributed by atoms with Crippen LogP contribution >= 0.6 is 0 Å². The molecule has 1 saturated carbocycles. The first kappa shape index (κ1) is 30.0. The number of hydrogen-bond acceptors (Lipinski definition) is 8. The molecule has 5 rings (SSSR count). The molecule has 6 atom stereocenters. The quantitative estimate of drug-likeness (QED) is 0.511. The van der Waals surface area contributed by atoms with Gasteiger partial charge in [0, 0.05) is 17.9 Å². The molecule has 3 heterocycles. The highest BCUT2D eigenvalue weighted by Crippen LogP contribution is 2.49. The second-order valence-corrected chi connectivity index (χ2v) is 13.6. The van der Waals surface area contributed by atoms with Gasteiger partial charge in [-0.15, -0.1) is 0 Å². The number of ether oxygens (including phenoxy) is 2. The standard InChI is InChI=1S/C32H44N4O6/c1-7-21-25-17-36(26(21)18(2)37)29(39)27(31(3,4)5)35-30(40)42-32(6)16-19(32)11-9-8-10-12-23-28(41-25)34-24-15-20(38)13-14-22(24)33-23/h13-15,19,21,25-27,38H,7-12,16-17H2,1-6H3,(H,35,40)/t19-,21-,25+,26-,27-,32-/m1/s1. The minimum atomic E-state index is -0.901. The molecular formula is C32H44N4O6. The number of amides is 2. The molecule has 1 saturated heterocycles. The maximum absolute atomic E-state index is 14.2. The number of phenols is 1. The van der Waals surface area contributed by atoms with Crippen LogP contribution < -0.4 is 10.1 Å². The first-order valence-electron chi connectivity index (χ1n) is 15.3. The van der Waals surface area contributed by atoms with Crippen LogP contribution in [0.5, 0.6) is 11.6 Å². The minimum Gasteiger partial charge on any atom is -0.508 e. The fourth-order valence-electron chi connectivity index (χ4n) is 6.70. The number of nitrogens with one attached hydrogen (secondary N) is 1. The second-order valence-electron chi connectivity index (χ2n) is 13.6. The van der Waals surface area contributed by atoms with Gasteiger partial charge in [-0.05, 0) is 63.5 Å². The maximum Gasteiger partial charge on any atom is 0.408 e. The number of rotatable bonds is 2. The Morgan fingerprint density at radius 1 is 1.17 bits per heavy atom. The molecule has 2 N–H and O–H groups in total. The fraction of sp³-hybridized carbons (Fsp3) is 0.656. The molecule has 42 heavy (non-hydrogen) atoms. The Kier molecular flexibility index (Phi) is 8.11. The third kappa shape index (κ3) is 6.03. The molecule has 1 aromatic heterocycles. The van der Waals surface area contributed by atoms with Gasteiger partial charge >= 0.3 is 6.09 Å². The van der Waals surface area contributed by atoms with Gasteiger partial charge in [0.25, 0.3) is 0 Å². The summed E-state index contributed by atoms with van der Waals surface area (Å²) >= 11 is 0. The van der Waals surface area contributed by atoms with Crippen LogP contribution in [0.1, 0.15) is 85.8 Å². The predicted molar refractivity (Wildman–Crippen MR) is 157 cm³/mol. The Bertz CT molecular complexity index is 1370. The van der Waals surface area contributed by atoms with Crippen LogP contribution in [0.25, 0.3) is 11.0 Å². The number of carbonyl (C=O) groups is 3. The summed E-state index contributed by atoms with van der Waals surface area (Å²) in [5, 5.41) is 12.9. The van der Waals surface area contributed by atoms with Gasteiger partial charge < -0.3 is 24.8 Å². The SMILES string of the molecule is CC[C@@H]1[C@@H]2CN(C(=O)[C@H](C(C)(C)C)NC(=O)O[C@]3(C)C[C@H]3CCCCCc3nc4ccc(O)cc4nc3O2)[C@@H]1C(C)=O. The van der Waals surface area contributed by atoms with Crippen molar-refractivity contribution < 1.29 is 29.0 Å². The van der Waals surface area contributed by atoms with Crippen molar-refractivity contribution in [1.82, 2.24) is 20.2 Å². The van der Waals surface area contributed by atoms with Gasteiger partial charge in [0.15, 0.2) is 5.78 Å². The molecule has 0 unspecified atom stereocenters. The van der Waals surface area contributed by atoms with E-state index >= 15 is 0 Å². The van der Waals surface area contributed by atoms with Crippen LogP contribution in [0.3, 0.4) is 0 Å². The highest BCUT2D eigenvalue weighted by molar-refractivity contribution is 5.92. The Morgan fingerprint density at radius 2 is 1.93 bits per heavy atom. The predicted octanol–water partition coefficient (Wildman–Crippen LogP) is 4.94. The highest BCUT2D eigenvalue weighted by Gasteiger charge is 2.54. The number of aryl methyl sites for hydroxylation is 1. The van der Waals surface area contributed by atoms with Crippen LogP contribution in [0.2, 0.25) is 0 Å². The fourth-order valence-corrected chi connectivity index (χ4v) is 6.70. The van der Waals surface area contributed by atoms with Crippen molar-refractivity contribution in [3.63, 3.8) is 0 Å². The van der Waals surface area contributed by atoms with E-state index in [1.807, 2.05) is 34.6 Å². The second kappa shape index (κ2) is 11.3. The summed E-state index contributed by atoms with van der Waals surface area (Å²) in [6.07, 6.45) is 4.76. The summed E-state index contributed by atoms with van der Waals surface area (Å²) in [6.45, 7) is 11.3. The first-order chi connectivity index (χ1) is 19.8. The average molecular weight is 581 g/mol. The zero-order chi connectivity index (χ0) is 30.4. The van der Waals surface area contributed by atoms with Crippen LogP contribution in [-0.4, -0.2) is 68.1 Å². The summed E-state index contributed by atoms with van der Waals surface area (Å²) in [5.41, 5.74) is 0.741. The van der Waals surface area contributed by atoms with E-state index in [4.69, 9.17) is 19.4 Å². The number of aromatic nitrogens is 2. The van der Waals surface area contributed by atoms with Crippen molar-refractivity contribution in [3.05, 3.63) is 23.9 Å². The van der Waals surface area contributed by atoms with Crippen LogP contribution in [0.4, 0.5) is 4.79 Å². The zero-order valence-corrected chi connectivity index (χ0v) is 25.6. The van der Waals surface area contributed by atoms with Gasteiger partial charge in [0.1, 0.15) is 29.2 Å². The number of carbonyl (C=O) groups excluding carboxylic acids is 3. The average Bonchev–Trinajstić information content (AvgIpc) is 3.38. The van der Waals surface area contributed by atoms with Gasteiger partial charge in [0.2, 0.25) is 11.8 Å². The Labute approximate surface area is 247 Å². The summed E-state index contributed by atoms with van der Waals surface area (Å²) in [5.74, 6) is -0.00314. The highest BCUT2D eigenvalue weighted by atomic mass is 16.6. The van der Waals surface area contributed by atoms with Crippen molar-refractivity contribution in [2.75, 3.05) is 6.54 Å². The minimum absolute atomic E-state index is 0.0870. The molecule has 2 amide bonds. The Hall–Kier alpha value is -3.43. The number of alkyl carbamates (subject to hydrolysis) is 1. The van der Waals surface area contributed by atoms with E-state index in [1.54, 1.807) is 23.1 Å². The largest absolute Gasteiger partial charge is 0.508 e. The third-order valence-corrected chi connectivity index (χ3v) is 9.24. The van der Waals surface area contributed by atoms with Gasteiger partial charge in [-0.3, -0.25) is 9.59 Å². The monoisotopic (exact) mass is 580 g/mol. The number of nitrogens with zero attached hydrogens (tertiary/aromatic N) is 3. The van der Waals surface area contributed by atoms with Gasteiger partial charge in [-0.25, -0.2) is 14.8 Å². The Morgan fingerprint density at radius 3 is 2.62 bits per heavy atom. The maximum atomic E-state index is 14.2. The molecule has 2 aliphatic heterocycles. The lowest BCUT2D eigenvalue weighted by molar-refractivity contribution is -0.141. The molecule has 0 radical (unpaired) electrons. The molecule has 10 nitrogen and oxygen atoms in total. The topological polar surface area (TPSA) is 131 Å². The first-order valence-corrected chi connectivity index (χ1v) is 15.3. The molecule has 10 heteroatoms. The molecule has 2 fully saturated rings. The van der Waals surface area contributed by atoms with E-state index in [2.05, 4.69) is 5.32 Å². The summed E-state index contributed by atoms with van der Waals surface area (Å²) in [4.78, 5) is 51.6. The van der Waals surface area contributed by atoms with E-state index in [-0.39, 0.29) is 35.8 Å². The van der Waals surface area contributed by atoms with Crippen molar-refractivity contribution in [2.45, 2.75) is 110 Å². The van der Waals surface area contributed by atoms with Crippen LogP contribution in [0.15, 0.2) is 18.2 Å². The smallest absolute Gasteiger partial charge is 0.408 e. The number of fused-ring (bicyclic) bond motifs is 5. The molecular weight excluding hydrogens is 536 g/mol. The summed E-state index contributed by atoms with van der Waals surface area (Å²) in [6, 6.07) is 3.29. The van der Waals surface area contributed by atoms with Crippen molar-refractivity contribution >= 4 is 28.8 Å². The number of Topliss-reactive ketones (excluding diaryl/α,β-unsaturated/α-hetero) is 1. The van der Waals surface area contributed by atoms with Gasteiger partial charge in [-0.1, -0.05) is 40.5 Å². The third-order valence-electron chi connectivity index (χ3n) is 9.24.